The van der Waals surface area contributed by atoms with Crippen LogP contribution < -0.4 is 16.6 Å². The predicted octanol–water partition coefficient (Wildman–Crippen LogP) is 2.86. The Morgan fingerprint density at radius 1 is 1.29 bits per heavy atom. The minimum Gasteiger partial charge on any atom is -0.379 e. The average molecular weight is 398 g/mol. The summed E-state index contributed by atoms with van der Waals surface area (Å²) in [4.78, 5) is 34.8. The van der Waals surface area contributed by atoms with Gasteiger partial charge in [0.05, 0.1) is 6.20 Å². The van der Waals surface area contributed by atoms with Gasteiger partial charge in [-0.2, -0.15) is 0 Å². The molecule has 7 nitrogen and oxygen atoms in total. The lowest BCUT2D eigenvalue weighted by Gasteiger charge is -2.37. The van der Waals surface area contributed by atoms with Crippen LogP contribution in [0.25, 0.3) is 0 Å². The van der Waals surface area contributed by atoms with E-state index in [0.717, 1.165) is 30.4 Å². The number of H-pyrrole nitrogens is 1. The molecule has 4 rings (SSSR count). The Hall–Kier alpha value is -2.61. The molecule has 0 spiro atoms. The number of anilines is 1. The summed E-state index contributed by atoms with van der Waals surface area (Å²) < 4.78 is 0. The van der Waals surface area contributed by atoms with Crippen LogP contribution in [0.1, 0.15) is 48.2 Å². The first kappa shape index (κ1) is 18.7. The predicted molar refractivity (Wildman–Crippen MR) is 112 cm³/mol. The number of nitrogens with two attached hydrogens (primary N) is 1. The molecular formula is C20H23N5O2S. The number of amidine groups is 1. The van der Waals surface area contributed by atoms with Crippen LogP contribution in [-0.4, -0.2) is 26.8 Å². The van der Waals surface area contributed by atoms with E-state index in [1.54, 1.807) is 11.8 Å². The quantitative estimate of drug-likeness (QED) is 0.734. The molecule has 1 unspecified atom stereocenters. The number of hydrogen-bond donors (Lipinski definition) is 3. The molecule has 2 aliphatic rings. The zero-order valence-electron chi connectivity index (χ0n) is 15.5. The fourth-order valence-corrected chi connectivity index (χ4v) is 5.21. The molecule has 1 saturated carbocycles. The number of nitrogens with zero attached hydrogens (tertiary/aromatic N) is 2. The molecule has 1 aliphatic carbocycles. The van der Waals surface area contributed by atoms with Crippen molar-refractivity contribution in [3.8, 4) is 0 Å². The number of aliphatic imine (C=N–C) groups is 1. The zero-order chi connectivity index (χ0) is 19.6. The smallest absolute Gasteiger partial charge is 0.275 e. The number of benzene rings is 1. The van der Waals surface area contributed by atoms with Crippen LogP contribution in [0.4, 0.5) is 5.69 Å². The normalized spacial score (nSPS) is 22.6. The van der Waals surface area contributed by atoms with Crippen molar-refractivity contribution in [1.82, 2.24) is 9.97 Å². The molecule has 1 aliphatic heterocycles. The van der Waals surface area contributed by atoms with E-state index in [0.29, 0.717) is 16.8 Å². The van der Waals surface area contributed by atoms with E-state index in [1.807, 2.05) is 18.2 Å². The highest BCUT2D eigenvalue weighted by atomic mass is 32.2. The van der Waals surface area contributed by atoms with E-state index in [9.17, 15) is 9.59 Å². The van der Waals surface area contributed by atoms with Crippen LogP contribution in [0, 0.1) is 5.92 Å². The third-order valence-corrected chi connectivity index (χ3v) is 6.53. The molecular weight excluding hydrogens is 374 g/mol. The standard InChI is InChI=1S/C20H23N5O2S/c21-19-25-20(12-28-19,13-5-2-1-3-6-13)14-7-4-8-15(9-14)24-18(27)16-10-23-17(26)11-22-16/h4,7-11,13H,1-3,5-6,12H2,(H2,21,25)(H,23,26)(H,24,27). The summed E-state index contributed by atoms with van der Waals surface area (Å²) >= 11 is 1.61. The first-order valence-corrected chi connectivity index (χ1v) is 10.5. The third kappa shape index (κ3) is 3.69. The van der Waals surface area contributed by atoms with Crippen molar-refractivity contribution in [2.45, 2.75) is 37.6 Å². The summed E-state index contributed by atoms with van der Waals surface area (Å²) in [6.45, 7) is 0. The van der Waals surface area contributed by atoms with E-state index < -0.39 is 0 Å². The Morgan fingerprint density at radius 3 is 2.79 bits per heavy atom. The number of thioether (sulfide) groups is 1. The lowest BCUT2D eigenvalue weighted by molar-refractivity contribution is 0.102. The van der Waals surface area contributed by atoms with Crippen molar-refractivity contribution in [1.29, 1.82) is 0 Å². The van der Waals surface area contributed by atoms with Gasteiger partial charge in [-0.25, -0.2) is 4.98 Å². The van der Waals surface area contributed by atoms with Gasteiger partial charge < -0.3 is 16.0 Å². The van der Waals surface area contributed by atoms with Gasteiger partial charge in [-0.1, -0.05) is 43.2 Å². The zero-order valence-corrected chi connectivity index (χ0v) is 16.3. The Kier molecular flexibility index (Phi) is 5.21. The molecule has 4 N–H and O–H groups in total. The van der Waals surface area contributed by atoms with Crippen molar-refractivity contribution in [2.75, 3.05) is 11.1 Å². The number of amides is 1. The van der Waals surface area contributed by atoms with Gasteiger partial charge in [-0.15, -0.1) is 0 Å². The topological polar surface area (TPSA) is 113 Å². The number of aromatic nitrogens is 2. The van der Waals surface area contributed by atoms with Crippen molar-refractivity contribution in [3.05, 3.63) is 58.3 Å². The van der Waals surface area contributed by atoms with Crippen LogP contribution in [0.3, 0.4) is 0 Å². The van der Waals surface area contributed by atoms with E-state index in [4.69, 9.17) is 10.7 Å². The van der Waals surface area contributed by atoms with Gasteiger partial charge in [0, 0.05) is 17.6 Å². The molecule has 8 heteroatoms. The van der Waals surface area contributed by atoms with Gasteiger partial charge in [0.25, 0.3) is 11.5 Å². The van der Waals surface area contributed by atoms with Crippen LogP contribution in [0.2, 0.25) is 0 Å². The average Bonchev–Trinajstić information content (AvgIpc) is 3.12. The highest BCUT2D eigenvalue weighted by Gasteiger charge is 2.44. The SMILES string of the molecule is NC1=NC(c2cccc(NC(=O)c3c[nH]c(=O)cn3)c2)(C2CCCCC2)CS1. The van der Waals surface area contributed by atoms with Crippen molar-refractivity contribution in [3.63, 3.8) is 0 Å². The maximum atomic E-state index is 12.4. The largest absolute Gasteiger partial charge is 0.379 e. The highest BCUT2D eigenvalue weighted by Crippen LogP contribution is 2.48. The molecule has 1 aromatic heterocycles. The van der Waals surface area contributed by atoms with Gasteiger partial charge in [0.1, 0.15) is 11.2 Å². The van der Waals surface area contributed by atoms with Crippen molar-refractivity contribution < 1.29 is 4.79 Å². The Labute approximate surface area is 167 Å². The molecule has 0 bridgehead atoms. The molecule has 1 fully saturated rings. The molecule has 1 atom stereocenters. The van der Waals surface area contributed by atoms with E-state index in [1.165, 1.54) is 25.5 Å². The van der Waals surface area contributed by atoms with Crippen LogP contribution in [-0.2, 0) is 5.54 Å². The van der Waals surface area contributed by atoms with Crippen LogP contribution in [0.15, 0.2) is 46.4 Å². The second-order valence-electron chi connectivity index (χ2n) is 7.33. The number of hydrogen-bond acceptors (Lipinski definition) is 6. The van der Waals surface area contributed by atoms with Crippen molar-refractivity contribution >= 4 is 28.5 Å². The first-order valence-electron chi connectivity index (χ1n) is 9.51. The number of rotatable bonds is 4. The maximum absolute atomic E-state index is 12.4. The fourth-order valence-electron chi connectivity index (χ4n) is 4.15. The summed E-state index contributed by atoms with van der Waals surface area (Å²) in [5.74, 6) is 0.924. The van der Waals surface area contributed by atoms with E-state index >= 15 is 0 Å². The monoisotopic (exact) mass is 397 g/mol. The molecule has 2 aromatic rings. The number of carbonyl (C=O) groups is 1. The number of nitrogens with one attached hydrogen (secondary N) is 2. The molecule has 1 amide bonds. The van der Waals surface area contributed by atoms with Gasteiger partial charge >= 0.3 is 0 Å². The third-order valence-electron chi connectivity index (χ3n) is 5.56. The minimum absolute atomic E-state index is 0.158. The minimum atomic E-state index is -0.371. The fraction of sp³-hybridized carbons (Fsp3) is 0.400. The van der Waals surface area contributed by atoms with Crippen LogP contribution >= 0.6 is 11.8 Å². The molecule has 146 valence electrons. The van der Waals surface area contributed by atoms with Crippen LogP contribution in [0.5, 0.6) is 0 Å². The molecule has 2 heterocycles. The first-order chi connectivity index (χ1) is 13.6. The number of aromatic amines is 1. The Balaban J connectivity index is 1.62. The maximum Gasteiger partial charge on any atom is 0.275 e. The second kappa shape index (κ2) is 7.79. The van der Waals surface area contributed by atoms with E-state index in [2.05, 4.69) is 21.4 Å². The Morgan fingerprint density at radius 2 is 2.11 bits per heavy atom. The van der Waals surface area contributed by atoms with Crippen molar-refractivity contribution in [2.24, 2.45) is 16.6 Å². The van der Waals surface area contributed by atoms with Gasteiger partial charge in [-0.05, 0) is 36.5 Å². The Bertz CT molecular complexity index is 947. The summed E-state index contributed by atoms with van der Waals surface area (Å²) in [5.41, 5.74) is 7.31. The van der Waals surface area contributed by atoms with Gasteiger partial charge in [0.15, 0.2) is 5.17 Å². The van der Waals surface area contributed by atoms with Gasteiger partial charge in [-0.3, -0.25) is 14.6 Å². The number of carbonyl (C=O) groups excluding carboxylic acids is 1. The lowest BCUT2D eigenvalue weighted by atomic mass is 9.72. The highest BCUT2D eigenvalue weighted by molar-refractivity contribution is 8.14. The summed E-state index contributed by atoms with van der Waals surface area (Å²) in [6.07, 6.45) is 8.42. The summed E-state index contributed by atoms with van der Waals surface area (Å²) in [5, 5.41) is 3.50. The molecule has 0 saturated heterocycles. The molecule has 0 radical (unpaired) electrons. The van der Waals surface area contributed by atoms with E-state index in [-0.39, 0.29) is 22.7 Å². The second-order valence-corrected chi connectivity index (χ2v) is 8.32. The summed E-state index contributed by atoms with van der Waals surface area (Å²) in [6, 6.07) is 7.84. The summed E-state index contributed by atoms with van der Waals surface area (Å²) in [7, 11) is 0. The lowest BCUT2D eigenvalue weighted by Crippen LogP contribution is -2.35. The molecule has 1 aromatic carbocycles. The van der Waals surface area contributed by atoms with Gasteiger partial charge in [0.2, 0.25) is 0 Å². The molecule has 28 heavy (non-hydrogen) atoms.